The predicted octanol–water partition coefficient (Wildman–Crippen LogP) is 4.07. The Morgan fingerprint density at radius 3 is 2.48 bits per heavy atom. The zero-order valence-electron chi connectivity index (χ0n) is 12.0. The van der Waals surface area contributed by atoms with Crippen LogP contribution in [0.3, 0.4) is 0 Å². The van der Waals surface area contributed by atoms with Crippen LogP contribution in [0.15, 0.2) is 59.2 Å². The Bertz CT molecular complexity index is 831. The number of nitrogens with zero attached hydrogens (tertiary/aromatic N) is 1. The zero-order chi connectivity index (χ0) is 16.2. The SMILES string of the molecule is O=S(Cc1coc(-c2ccc(F)cc2)n1)Cc1ccccc1F. The van der Waals surface area contributed by atoms with E-state index < -0.39 is 10.8 Å². The zero-order valence-corrected chi connectivity index (χ0v) is 12.9. The summed E-state index contributed by atoms with van der Waals surface area (Å²) in [4.78, 5) is 4.24. The Balaban J connectivity index is 1.68. The smallest absolute Gasteiger partial charge is 0.226 e. The molecule has 0 N–H and O–H groups in total. The lowest BCUT2D eigenvalue weighted by Crippen LogP contribution is -2.01. The molecule has 0 aliphatic heterocycles. The van der Waals surface area contributed by atoms with Gasteiger partial charge in [0.25, 0.3) is 0 Å². The molecular formula is C17H13F2NO2S. The molecular weight excluding hydrogens is 320 g/mol. The topological polar surface area (TPSA) is 43.1 Å². The summed E-state index contributed by atoms with van der Waals surface area (Å²) in [6.45, 7) is 0. The van der Waals surface area contributed by atoms with E-state index in [1.54, 1.807) is 30.3 Å². The molecule has 0 bridgehead atoms. The molecule has 0 aliphatic rings. The van der Waals surface area contributed by atoms with Crippen molar-refractivity contribution in [1.82, 2.24) is 4.98 Å². The van der Waals surface area contributed by atoms with Gasteiger partial charge >= 0.3 is 0 Å². The van der Waals surface area contributed by atoms with Crippen molar-refractivity contribution in [3.8, 4) is 11.5 Å². The predicted molar refractivity (Wildman–Crippen MR) is 83.8 cm³/mol. The summed E-state index contributed by atoms with van der Waals surface area (Å²) in [5.41, 5.74) is 1.56. The number of hydrogen-bond donors (Lipinski definition) is 0. The lowest BCUT2D eigenvalue weighted by molar-refractivity contribution is 0.572. The minimum absolute atomic E-state index is 0.116. The summed E-state index contributed by atoms with van der Waals surface area (Å²) in [7, 11) is -1.30. The average molecular weight is 333 g/mol. The molecule has 0 radical (unpaired) electrons. The molecule has 118 valence electrons. The Morgan fingerprint density at radius 2 is 1.74 bits per heavy atom. The fourth-order valence-electron chi connectivity index (χ4n) is 2.10. The summed E-state index contributed by atoms with van der Waals surface area (Å²) in [5, 5.41) is 0. The van der Waals surface area contributed by atoms with Crippen LogP contribution in [0.2, 0.25) is 0 Å². The lowest BCUT2D eigenvalue weighted by Gasteiger charge is -2.01. The summed E-state index contributed by atoms with van der Waals surface area (Å²) in [6.07, 6.45) is 1.41. The van der Waals surface area contributed by atoms with Gasteiger partial charge in [-0.05, 0) is 30.3 Å². The van der Waals surface area contributed by atoms with Gasteiger partial charge in [-0.2, -0.15) is 0 Å². The first-order valence-corrected chi connectivity index (χ1v) is 8.39. The minimum atomic E-state index is -1.30. The van der Waals surface area contributed by atoms with E-state index in [1.165, 1.54) is 24.5 Å². The highest BCUT2D eigenvalue weighted by Gasteiger charge is 2.12. The number of hydrogen-bond acceptors (Lipinski definition) is 3. The molecule has 0 spiro atoms. The lowest BCUT2D eigenvalue weighted by atomic mass is 10.2. The van der Waals surface area contributed by atoms with Gasteiger partial charge in [0.2, 0.25) is 5.89 Å². The van der Waals surface area contributed by atoms with Crippen LogP contribution in [0.4, 0.5) is 8.78 Å². The van der Waals surface area contributed by atoms with Crippen molar-refractivity contribution in [2.45, 2.75) is 11.5 Å². The van der Waals surface area contributed by atoms with Crippen molar-refractivity contribution in [3.05, 3.63) is 77.7 Å². The van der Waals surface area contributed by atoms with Gasteiger partial charge < -0.3 is 4.42 Å². The molecule has 6 heteroatoms. The van der Waals surface area contributed by atoms with Crippen LogP contribution >= 0.6 is 0 Å². The van der Waals surface area contributed by atoms with E-state index in [1.807, 2.05) is 0 Å². The van der Waals surface area contributed by atoms with E-state index in [0.717, 1.165) is 0 Å². The third-order valence-electron chi connectivity index (χ3n) is 3.23. The van der Waals surface area contributed by atoms with E-state index in [-0.39, 0.29) is 23.1 Å². The second kappa shape index (κ2) is 6.83. The molecule has 0 saturated carbocycles. The quantitative estimate of drug-likeness (QED) is 0.707. The fraction of sp³-hybridized carbons (Fsp3) is 0.118. The average Bonchev–Trinajstić information content (AvgIpc) is 2.98. The van der Waals surface area contributed by atoms with Crippen molar-refractivity contribution in [1.29, 1.82) is 0 Å². The Hall–Kier alpha value is -2.34. The first kappa shape index (κ1) is 15.6. The Morgan fingerprint density at radius 1 is 1.00 bits per heavy atom. The minimum Gasteiger partial charge on any atom is -0.444 e. The van der Waals surface area contributed by atoms with Crippen molar-refractivity contribution < 1.29 is 17.4 Å². The standard InChI is InChI=1S/C17H13F2NO2S/c18-14-7-5-12(6-8-14)17-20-15(9-22-17)11-23(21)10-13-3-1-2-4-16(13)19/h1-9H,10-11H2. The Kier molecular flexibility index (Phi) is 4.62. The maximum Gasteiger partial charge on any atom is 0.226 e. The van der Waals surface area contributed by atoms with Crippen LogP contribution in [0.5, 0.6) is 0 Å². The van der Waals surface area contributed by atoms with Gasteiger partial charge in [0.1, 0.15) is 17.9 Å². The highest BCUT2D eigenvalue weighted by molar-refractivity contribution is 7.83. The number of aromatic nitrogens is 1. The molecule has 0 saturated heterocycles. The highest BCUT2D eigenvalue weighted by atomic mass is 32.2. The monoisotopic (exact) mass is 333 g/mol. The van der Waals surface area contributed by atoms with E-state index in [0.29, 0.717) is 22.7 Å². The van der Waals surface area contributed by atoms with Gasteiger partial charge in [0.05, 0.1) is 17.2 Å². The van der Waals surface area contributed by atoms with Gasteiger partial charge in [-0.1, -0.05) is 18.2 Å². The molecule has 1 atom stereocenters. The van der Waals surface area contributed by atoms with Gasteiger partial charge in [-0.3, -0.25) is 4.21 Å². The third kappa shape index (κ3) is 3.90. The van der Waals surface area contributed by atoms with Crippen LogP contribution in [0, 0.1) is 11.6 Å². The van der Waals surface area contributed by atoms with E-state index >= 15 is 0 Å². The molecule has 1 heterocycles. The van der Waals surface area contributed by atoms with E-state index in [9.17, 15) is 13.0 Å². The fourth-order valence-corrected chi connectivity index (χ4v) is 3.25. The normalized spacial score (nSPS) is 12.3. The van der Waals surface area contributed by atoms with Crippen molar-refractivity contribution in [3.63, 3.8) is 0 Å². The largest absolute Gasteiger partial charge is 0.444 e. The maximum atomic E-state index is 13.5. The molecule has 0 aliphatic carbocycles. The maximum absolute atomic E-state index is 13.5. The highest BCUT2D eigenvalue weighted by Crippen LogP contribution is 2.20. The van der Waals surface area contributed by atoms with Gasteiger partial charge in [0, 0.05) is 21.9 Å². The number of rotatable bonds is 5. The van der Waals surface area contributed by atoms with Crippen molar-refractivity contribution >= 4 is 10.8 Å². The summed E-state index contributed by atoms with van der Waals surface area (Å²) >= 11 is 0. The van der Waals surface area contributed by atoms with Crippen molar-refractivity contribution in [2.75, 3.05) is 0 Å². The molecule has 3 nitrogen and oxygen atoms in total. The second-order valence-electron chi connectivity index (χ2n) is 4.97. The first-order valence-electron chi connectivity index (χ1n) is 6.90. The van der Waals surface area contributed by atoms with Crippen LogP contribution in [0.1, 0.15) is 11.3 Å². The van der Waals surface area contributed by atoms with Crippen molar-refractivity contribution in [2.24, 2.45) is 0 Å². The van der Waals surface area contributed by atoms with Gasteiger partial charge in [0.15, 0.2) is 0 Å². The molecule has 0 amide bonds. The Labute approximate surface area is 134 Å². The molecule has 2 aromatic carbocycles. The molecule has 23 heavy (non-hydrogen) atoms. The molecule has 3 rings (SSSR count). The summed E-state index contributed by atoms with van der Waals surface area (Å²) in [6, 6.07) is 12.0. The van der Waals surface area contributed by atoms with Crippen LogP contribution in [-0.2, 0) is 22.3 Å². The number of halogens is 2. The van der Waals surface area contributed by atoms with E-state index in [2.05, 4.69) is 4.98 Å². The first-order chi connectivity index (χ1) is 11.1. The van der Waals surface area contributed by atoms with Crippen LogP contribution in [-0.4, -0.2) is 9.19 Å². The summed E-state index contributed by atoms with van der Waals surface area (Å²) < 4.78 is 43.9. The number of oxazole rings is 1. The summed E-state index contributed by atoms with van der Waals surface area (Å²) in [5.74, 6) is -0.0906. The van der Waals surface area contributed by atoms with E-state index in [4.69, 9.17) is 4.42 Å². The molecule has 0 fully saturated rings. The van der Waals surface area contributed by atoms with Gasteiger partial charge in [-0.15, -0.1) is 0 Å². The van der Waals surface area contributed by atoms with Crippen LogP contribution < -0.4 is 0 Å². The third-order valence-corrected chi connectivity index (χ3v) is 4.48. The second-order valence-corrected chi connectivity index (χ2v) is 6.43. The van der Waals surface area contributed by atoms with Gasteiger partial charge in [-0.25, -0.2) is 13.8 Å². The molecule has 3 aromatic rings. The van der Waals surface area contributed by atoms with Crippen LogP contribution in [0.25, 0.3) is 11.5 Å². The molecule has 1 unspecified atom stereocenters. The number of benzene rings is 2. The molecule has 1 aromatic heterocycles.